The molecule has 18 heavy (non-hydrogen) atoms. The maximum absolute atomic E-state index is 5.57. The molecular weight excluding hydrogens is 271 g/mol. The number of halogens is 2. The SMILES string of the molecule is Cc1ccc(CNc2ccc(N)cn2)n1C.Cl.Cl. The number of hydrogen-bond donors (Lipinski definition) is 2. The smallest absolute Gasteiger partial charge is 0.126 e. The first kappa shape index (κ1) is 16.6. The third-order valence-electron chi connectivity index (χ3n) is 2.71. The van der Waals surface area contributed by atoms with E-state index in [4.69, 9.17) is 5.73 Å². The van der Waals surface area contributed by atoms with Crippen LogP contribution in [0.4, 0.5) is 11.5 Å². The highest BCUT2D eigenvalue weighted by molar-refractivity contribution is 5.85. The summed E-state index contributed by atoms with van der Waals surface area (Å²) in [4.78, 5) is 4.18. The molecule has 2 heterocycles. The van der Waals surface area contributed by atoms with Crippen molar-refractivity contribution in [2.75, 3.05) is 11.1 Å². The van der Waals surface area contributed by atoms with E-state index in [-0.39, 0.29) is 24.8 Å². The van der Waals surface area contributed by atoms with Gasteiger partial charge in [0.2, 0.25) is 0 Å². The highest BCUT2D eigenvalue weighted by Crippen LogP contribution is 2.10. The summed E-state index contributed by atoms with van der Waals surface area (Å²) in [5, 5.41) is 3.25. The van der Waals surface area contributed by atoms with Crippen molar-refractivity contribution in [1.82, 2.24) is 9.55 Å². The predicted octanol–water partition coefficient (Wildman–Crippen LogP) is 2.77. The fourth-order valence-corrected chi connectivity index (χ4v) is 1.54. The molecule has 0 aromatic carbocycles. The van der Waals surface area contributed by atoms with E-state index < -0.39 is 0 Å². The first-order valence-corrected chi connectivity index (χ1v) is 5.23. The van der Waals surface area contributed by atoms with Crippen LogP contribution in [-0.4, -0.2) is 9.55 Å². The predicted molar refractivity (Wildman–Crippen MR) is 80.6 cm³/mol. The molecule has 2 aromatic rings. The summed E-state index contributed by atoms with van der Waals surface area (Å²) in [5.41, 5.74) is 8.73. The van der Waals surface area contributed by atoms with Crippen molar-refractivity contribution in [2.24, 2.45) is 7.05 Å². The van der Waals surface area contributed by atoms with E-state index in [1.54, 1.807) is 6.20 Å². The zero-order chi connectivity index (χ0) is 11.5. The number of nitrogens with zero attached hydrogens (tertiary/aromatic N) is 2. The van der Waals surface area contributed by atoms with Crippen molar-refractivity contribution in [1.29, 1.82) is 0 Å². The zero-order valence-electron chi connectivity index (χ0n) is 10.4. The van der Waals surface area contributed by atoms with E-state index in [2.05, 4.69) is 41.0 Å². The van der Waals surface area contributed by atoms with E-state index in [0.717, 1.165) is 12.4 Å². The number of nitrogen functional groups attached to an aromatic ring is 1. The largest absolute Gasteiger partial charge is 0.397 e. The van der Waals surface area contributed by atoms with Crippen molar-refractivity contribution in [3.05, 3.63) is 41.9 Å². The summed E-state index contributed by atoms with van der Waals surface area (Å²) in [5.74, 6) is 0.841. The Bertz CT molecular complexity index is 479. The monoisotopic (exact) mass is 288 g/mol. The molecule has 0 atom stereocenters. The average molecular weight is 289 g/mol. The number of pyridine rings is 1. The minimum atomic E-state index is 0. The van der Waals surface area contributed by atoms with E-state index in [9.17, 15) is 0 Å². The van der Waals surface area contributed by atoms with Crippen LogP contribution in [0.15, 0.2) is 30.5 Å². The molecule has 2 rings (SSSR count). The van der Waals surface area contributed by atoms with Gasteiger partial charge in [-0.05, 0) is 31.2 Å². The summed E-state index contributed by atoms with van der Waals surface area (Å²) in [7, 11) is 2.06. The molecule has 0 aliphatic heterocycles. The lowest BCUT2D eigenvalue weighted by Crippen LogP contribution is -2.06. The van der Waals surface area contributed by atoms with Gasteiger partial charge in [0, 0.05) is 18.4 Å². The normalized spacial score (nSPS) is 9.22. The average Bonchev–Trinajstić information content (AvgIpc) is 2.60. The fourth-order valence-electron chi connectivity index (χ4n) is 1.54. The van der Waals surface area contributed by atoms with Crippen LogP contribution < -0.4 is 11.1 Å². The van der Waals surface area contributed by atoms with Crippen molar-refractivity contribution >= 4 is 36.3 Å². The number of aryl methyl sites for hydroxylation is 1. The standard InChI is InChI=1S/C12H16N4.2ClH/c1-9-3-5-11(16(9)2)8-15-12-6-4-10(13)7-14-12;;/h3-7H,8,13H2,1-2H3,(H,14,15);2*1H. The highest BCUT2D eigenvalue weighted by Gasteiger charge is 2.00. The van der Waals surface area contributed by atoms with Gasteiger partial charge in [0.25, 0.3) is 0 Å². The van der Waals surface area contributed by atoms with Gasteiger partial charge >= 0.3 is 0 Å². The first-order chi connectivity index (χ1) is 7.66. The number of aromatic nitrogens is 2. The summed E-state index contributed by atoms with van der Waals surface area (Å²) < 4.78 is 2.16. The number of anilines is 2. The third-order valence-corrected chi connectivity index (χ3v) is 2.71. The lowest BCUT2D eigenvalue weighted by molar-refractivity contribution is 0.810. The van der Waals surface area contributed by atoms with Crippen LogP contribution in [0.2, 0.25) is 0 Å². The van der Waals surface area contributed by atoms with Crippen LogP contribution in [0.25, 0.3) is 0 Å². The van der Waals surface area contributed by atoms with Gasteiger partial charge in [-0.3, -0.25) is 0 Å². The molecular formula is C12H18Cl2N4. The summed E-state index contributed by atoms with van der Waals surface area (Å²) in [6.07, 6.45) is 1.65. The number of hydrogen-bond acceptors (Lipinski definition) is 3. The van der Waals surface area contributed by atoms with Gasteiger partial charge in [0.05, 0.1) is 18.4 Å². The second kappa shape index (κ2) is 7.13. The van der Waals surface area contributed by atoms with Crippen LogP contribution in [-0.2, 0) is 13.6 Å². The molecule has 0 aliphatic rings. The lowest BCUT2D eigenvalue weighted by Gasteiger charge is -2.07. The Hall–Kier alpha value is -1.39. The van der Waals surface area contributed by atoms with Crippen LogP contribution in [0.3, 0.4) is 0 Å². The van der Waals surface area contributed by atoms with Crippen molar-refractivity contribution in [3.8, 4) is 0 Å². The Morgan fingerprint density at radius 1 is 1.22 bits per heavy atom. The first-order valence-electron chi connectivity index (χ1n) is 5.23. The lowest BCUT2D eigenvalue weighted by atomic mass is 10.4. The molecule has 4 nitrogen and oxygen atoms in total. The van der Waals surface area contributed by atoms with Crippen molar-refractivity contribution in [2.45, 2.75) is 13.5 Å². The van der Waals surface area contributed by atoms with Gasteiger partial charge in [0.1, 0.15) is 5.82 Å². The van der Waals surface area contributed by atoms with Gasteiger partial charge in [-0.15, -0.1) is 24.8 Å². The van der Waals surface area contributed by atoms with Crippen LogP contribution in [0, 0.1) is 6.92 Å². The van der Waals surface area contributed by atoms with Gasteiger partial charge in [0.15, 0.2) is 0 Å². The molecule has 0 saturated heterocycles. The van der Waals surface area contributed by atoms with Gasteiger partial charge in [-0.25, -0.2) is 4.98 Å². The van der Waals surface area contributed by atoms with E-state index in [0.29, 0.717) is 5.69 Å². The van der Waals surface area contributed by atoms with E-state index >= 15 is 0 Å². The molecule has 0 bridgehead atoms. The molecule has 2 aromatic heterocycles. The molecule has 0 saturated carbocycles. The molecule has 3 N–H and O–H groups in total. The Labute approximate surface area is 119 Å². The van der Waals surface area contributed by atoms with Crippen LogP contribution in [0.1, 0.15) is 11.4 Å². The summed E-state index contributed by atoms with van der Waals surface area (Å²) >= 11 is 0. The Morgan fingerprint density at radius 2 is 1.94 bits per heavy atom. The second-order valence-corrected chi connectivity index (χ2v) is 3.86. The molecule has 0 amide bonds. The maximum atomic E-state index is 5.57. The topological polar surface area (TPSA) is 55.9 Å². The minimum absolute atomic E-state index is 0. The molecule has 0 spiro atoms. The van der Waals surface area contributed by atoms with Crippen molar-refractivity contribution < 1.29 is 0 Å². The summed E-state index contributed by atoms with van der Waals surface area (Å²) in [6, 6.07) is 7.93. The van der Waals surface area contributed by atoms with E-state index in [1.165, 1.54) is 11.4 Å². The molecule has 0 fully saturated rings. The third kappa shape index (κ3) is 3.82. The number of rotatable bonds is 3. The van der Waals surface area contributed by atoms with Gasteiger partial charge < -0.3 is 15.6 Å². The molecule has 0 aliphatic carbocycles. The Morgan fingerprint density at radius 3 is 2.44 bits per heavy atom. The molecule has 100 valence electrons. The molecule has 0 radical (unpaired) electrons. The Kier molecular flexibility index (Phi) is 6.58. The zero-order valence-corrected chi connectivity index (χ0v) is 12.0. The summed E-state index contributed by atoms with van der Waals surface area (Å²) in [6.45, 7) is 2.85. The van der Waals surface area contributed by atoms with Gasteiger partial charge in [-0.2, -0.15) is 0 Å². The fraction of sp³-hybridized carbons (Fsp3) is 0.250. The molecule has 6 heteroatoms. The Balaban J connectivity index is 0.00000144. The maximum Gasteiger partial charge on any atom is 0.126 e. The minimum Gasteiger partial charge on any atom is -0.397 e. The van der Waals surface area contributed by atoms with Crippen molar-refractivity contribution in [3.63, 3.8) is 0 Å². The van der Waals surface area contributed by atoms with E-state index in [1.807, 2.05) is 12.1 Å². The second-order valence-electron chi connectivity index (χ2n) is 3.86. The highest BCUT2D eigenvalue weighted by atomic mass is 35.5. The van der Waals surface area contributed by atoms with Crippen LogP contribution in [0.5, 0.6) is 0 Å². The van der Waals surface area contributed by atoms with Crippen LogP contribution >= 0.6 is 24.8 Å². The number of nitrogens with one attached hydrogen (secondary N) is 1. The quantitative estimate of drug-likeness (QED) is 0.913. The number of nitrogens with two attached hydrogens (primary N) is 1. The van der Waals surface area contributed by atoms with Gasteiger partial charge in [-0.1, -0.05) is 0 Å². The molecule has 0 unspecified atom stereocenters.